The van der Waals surface area contributed by atoms with Crippen molar-refractivity contribution in [2.45, 2.75) is 25.7 Å². The summed E-state index contributed by atoms with van der Waals surface area (Å²) in [6.45, 7) is 2.44. The average molecular weight is 495 g/mol. The van der Waals surface area contributed by atoms with Gasteiger partial charge in [-0.1, -0.05) is 36.4 Å². The number of aryl methyl sites for hydroxylation is 1. The predicted octanol–water partition coefficient (Wildman–Crippen LogP) is 5.66. The van der Waals surface area contributed by atoms with Crippen molar-refractivity contribution in [1.82, 2.24) is 14.9 Å². The van der Waals surface area contributed by atoms with Crippen LogP contribution in [0.5, 0.6) is 0 Å². The van der Waals surface area contributed by atoms with Crippen LogP contribution in [0.4, 0.5) is 27.9 Å². The number of anilines is 4. The maximum atomic E-state index is 12.3. The van der Waals surface area contributed by atoms with Gasteiger partial charge in [-0.15, -0.1) is 0 Å². The van der Waals surface area contributed by atoms with E-state index in [4.69, 9.17) is 0 Å². The summed E-state index contributed by atoms with van der Waals surface area (Å²) in [5, 5.41) is 9.57. The molecule has 166 valence electrons. The molecule has 1 aliphatic heterocycles. The molecule has 7 nitrogen and oxygen atoms in total. The molecule has 1 aromatic heterocycles. The highest BCUT2D eigenvalue weighted by Gasteiger charge is 2.17. The van der Waals surface area contributed by atoms with E-state index in [0.29, 0.717) is 5.95 Å². The zero-order valence-corrected chi connectivity index (χ0v) is 19.4. The number of likely N-dealkylation sites (tertiary alicyclic amines) is 1. The molecule has 0 saturated carbocycles. The number of amides is 2. The summed E-state index contributed by atoms with van der Waals surface area (Å²) in [5.74, 6) is 1.23. The zero-order valence-electron chi connectivity index (χ0n) is 17.9. The molecule has 32 heavy (non-hydrogen) atoms. The van der Waals surface area contributed by atoms with E-state index in [2.05, 4.69) is 66.1 Å². The van der Waals surface area contributed by atoms with E-state index in [1.165, 1.54) is 5.56 Å². The molecule has 3 aromatic rings. The topological polar surface area (TPSA) is 82.2 Å². The second-order valence-corrected chi connectivity index (χ2v) is 8.59. The third-order valence-electron chi connectivity index (χ3n) is 5.28. The minimum atomic E-state index is -0.0541. The van der Waals surface area contributed by atoms with Crippen LogP contribution in [0, 0.1) is 0 Å². The highest BCUT2D eigenvalue weighted by atomic mass is 79.9. The molecular weight excluding hydrogens is 468 g/mol. The molecule has 2 heterocycles. The SMILES string of the molecule is O=C(Nc1cccc(Nc2ncc(Br)c(NCCCc3ccccc3)n2)c1)N1CCCC1. The lowest BCUT2D eigenvalue weighted by molar-refractivity contribution is 0.222. The third-order valence-corrected chi connectivity index (χ3v) is 5.87. The molecule has 0 bridgehead atoms. The summed E-state index contributed by atoms with van der Waals surface area (Å²) in [6, 6.07) is 18.0. The van der Waals surface area contributed by atoms with Crippen molar-refractivity contribution in [2.75, 3.05) is 35.6 Å². The fraction of sp³-hybridized carbons (Fsp3) is 0.292. The van der Waals surface area contributed by atoms with Crippen molar-refractivity contribution < 1.29 is 4.79 Å². The van der Waals surface area contributed by atoms with Gasteiger partial charge >= 0.3 is 6.03 Å². The number of hydrogen-bond donors (Lipinski definition) is 3. The maximum Gasteiger partial charge on any atom is 0.321 e. The lowest BCUT2D eigenvalue weighted by atomic mass is 10.1. The smallest absolute Gasteiger partial charge is 0.321 e. The monoisotopic (exact) mass is 494 g/mol. The Kier molecular flexibility index (Phi) is 7.55. The highest BCUT2D eigenvalue weighted by Crippen LogP contribution is 2.23. The molecule has 1 saturated heterocycles. The first-order valence-corrected chi connectivity index (χ1v) is 11.7. The molecule has 2 amide bonds. The van der Waals surface area contributed by atoms with Crippen LogP contribution in [0.2, 0.25) is 0 Å². The van der Waals surface area contributed by atoms with Crippen LogP contribution in [-0.4, -0.2) is 40.5 Å². The second kappa shape index (κ2) is 10.9. The Morgan fingerprint density at radius 2 is 1.81 bits per heavy atom. The lowest BCUT2D eigenvalue weighted by Gasteiger charge is -2.16. The molecule has 0 spiro atoms. The van der Waals surface area contributed by atoms with Crippen LogP contribution in [0.1, 0.15) is 24.8 Å². The number of carbonyl (C=O) groups excluding carboxylic acids is 1. The molecular formula is C24H27BrN6O. The van der Waals surface area contributed by atoms with Crippen molar-refractivity contribution in [2.24, 2.45) is 0 Å². The summed E-state index contributed by atoms with van der Waals surface area (Å²) in [7, 11) is 0. The van der Waals surface area contributed by atoms with Crippen molar-refractivity contribution in [3.8, 4) is 0 Å². The zero-order chi connectivity index (χ0) is 22.2. The molecule has 0 radical (unpaired) electrons. The van der Waals surface area contributed by atoms with Gasteiger partial charge in [0, 0.05) is 37.2 Å². The van der Waals surface area contributed by atoms with Gasteiger partial charge in [-0.3, -0.25) is 0 Å². The summed E-state index contributed by atoms with van der Waals surface area (Å²) in [4.78, 5) is 23.1. The van der Waals surface area contributed by atoms with Gasteiger partial charge in [-0.05, 0) is 65.4 Å². The van der Waals surface area contributed by atoms with Gasteiger partial charge in [0.1, 0.15) is 5.82 Å². The number of aromatic nitrogens is 2. The fourth-order valence-corrected chi connectivity index (χ4v) is 3.95. The molecule has 1 aliphatic rings. The van der Waals surface area contributed by atoms with Crippen molar-refractivity contribution in [3.05, 3.63) is 70.8 Å². The first-order valence-electron chi connectivity index (χ1n) is 10.9. The number of nitrogens with zero attached hydrogens (tertiary/aromatic N) is 3. The molecule has 2 aromatic carbocycles. The van der Waals surface area contributed by atoms with Crippen molar-refractivity contribution in [3.63, 3.8) is 0 Å². The van der Waals surface area contributed by atoms with E-state index in [9.17, 15) is 4.79 Å². The molecule has 3 N–H and O–H groups in total. The Hall–Kier alpha value is -3.13. The Balaban J connectivity index is 1.33. The number of nitrogens with one attached hydrogen (secondary N) is 3. The number of hydrogen-bond acceptors (Lipinski definition) is 5. The first kappa shape index (κ1) is 22.1. The van der Waals surface area contributed by atoms with Crippen LogP contribution in [-0.2, 0) is 6.42 Å². The lowest BCUT2D eigenvalue weighted by Crippen LogP contribution is -2.32. The van der Waals surface area contributed by atoms with Crippen LogP contribution in [0.15, 0.2) is 65.3 Å². The van der Waals surface area contributed by atoms with Crippen LogP contribution < -0.4 is 16.0 Å². The Bertz CT molecular complexity index is 1040. The number of benzene rings is 2. The number of halogens is 1. The molecule has 0 atom stereocenters. The van der Waals surface area contributed by atoms with Crippen molar-refractivity contribution >= 4 is 45.1 Å². The maximum absolute atomic E-state index is 12.3. The van der Waals surface area contributed by atoms with Crippen molar-refractivity contribution in [1.29, 1.82) is 0 Å². The molecule has 0 aliphatic carbocycles. The Morgan fingerprint density at radius 3 is 2.62 bits per heavy atom. The molecule has 8 heteroatoms. The summed E-state index contributed by atoms with van der Waals surface area (Å²) >= 11 is 3.52. The molecule has 4 rings (SSSR count). The van der Waals surface area contributed by atoms with Gasteiger partial charge in [-0.25, -0.2) is 9.78 Å². The number of urea groups is 1. The van der Waals surface area contributed by atoms with Gasteiger partial charge < -0.3 is 20.9 Å². The van der Waals surface area contributed by atoms with Crippen LogP contribution in [0.25, 0.3) is 0 Å². The van der Waals surface area contributed by atoms with Gasteiger partial charge in [0.25, 0.3) is 0 Å². The predicted molar refractivity (Wildman–Crippen MR) is 133 cm³/mol. The van der Waals surface area contributed by atoms with E-state index in [1.54, 1.807) is 6.20 Å². The van der Waals surface area contributed by atoms with E-state index in [1.807, 2.05) is 35.2 Å². The fourth-order valence-electron chi connectivity index (χ4n) is 3.62. The number of rotatable bonds is 8. The summed E-state index contributed by atoms with van der Waals surface area (Å²) in [5.41, 5.74) is 2.87. The Morgan fingerprint density at radius 1 is 1.03 bits per heavy atom. The third kappa shape index (κ3) is 6.20. The standard InChI is InChI=1S/C24H27BrN6O/c25-21-17-27-23(30-22(21)26-13-7-10-18-8-2-1-3-9-18)28-19-11-6-12-20(16-19)29-24(32)31-14-4-5-15-31/h1-3,6,8-9,11-12,16-17H,4-5,7,10,13-15H2,(H,29,32)(H2,26,27,28,30). The van der Waals surface area contributed by atoms with Crippen LogP contribution >= 0.6 is 15.9 Å². The minimum absolute atomic E-state index is 0.0541. The second-order valence-electron chi connectivity index (χ2n) is 7.74. The Labute approximate surface area is 196 Å². The normalized spacial score (nSPS) is 13.1. The van der Waals surface area contributed by atoms with Gasteiger partial charge in [0.05, 0.1) is 4.47 Å². The summed E-state index contributed by atoms with van der Waals surface area (Å²) < 4.78 is 0.814. The van der Waals surface area contributed by atoms with E-state index in [-0.39, 0.29) is 6.03 Å². The first-order chi connectivity index (χ1) is 15.7. The quantitative estimate of drug-likeness (QED) is 0.352. The summed E-state index contributed by atoms with van der Waals surface area (Å²) in [6.07, 6.45) is 5.88. The number of carbonyl (C=O) groups is 1. The van der Waals surface area contributed by atoms with Gasteiger partial charge in [0.15, 0.2) is 0 Å². The van der Waals surface area contributed by atoms with Gasteiger partial charge in [-0.2, -0.15) is 4.98 Å². The van der Waals surface area contributed by atoms with E-state index in [0.717, 1.165) is 67.0 Å². The van der Waals surface area contributed by atoms with Crippen LogP contribution in [0.3, 0.4) is 0 Å². The highest BCUT2D eigenvalue weighted by molar-refractivity contribution is 9.10. The van der Waals surface area contributed by atoms with Gasteiger partial charge in [0.2, 0.25) is 5.95 Å². The average Bonchev–Trinajstić information content (AvgIpc) is 3.35. The largest absolute Gasteiger partial charge is 0.369 e. The molecule has 0 unspecified atom stereocenters. The van der Waals surface area contributed by atoms with E-state index >= 15 is 0 Å². The molecule has 1 fully saturated rings. The minimum Gasteiger partial charge on any atom is -0.369 e. The van der Waals surface area contributed by atoms with E-state index < -0.39 is 0 Å².